The van der Waals surface area contributed by atoms with Gasteiger partial charge in [0, 0.05) is 22.7 Å². The first-order chi connectivity index (χ1) is 8.70. The summed E-state index contributed by atoms with van der Waals surface area (Å²) < 4.78 is 5.56. The molecular formula is C14H19Cl2NO. The topological polar surface area (TPSA) is 21.3 Å². The fraction of sp³-hybridized carbons (Fsp3) is 0.571. The number of benzene rings is 1. The minimum Gasteiger partial charge on any atom is -0.381 e. The fourth-order valence-corrected chi connectivity index (χ4v) is 3.00. The van der Waals surface area contributed by atoms with E-state index in [1.165, 1.54) is 6.42 Å². The largest absolute Gasteiger partial charge is 0.381 e. The zero-order valence-electron chi connectivity index (χ0n) is 10.6. The van der Waals surface area contributed by atoms with Crippen molar-refractivity contribution < 1.29 is 4.74 Å². The second-order valence-electron chi connectivity index (χ2n) is 4.81. The van der Waals surface area contributed by atoms with Gasteiger partial charge in [-0.3, -0.25) is 0 Å². The highest BCUT2D eigenvalue weighted by Crippen LogP contribution is 2.25. The van der Waals surface area contributed by atoms with Crippen molar-refractivity contribution in [2.45, 2.75) is 25.3 Å². The Bertz CT molecular complexity index is 391. The minimum absolute atomic E-state index is 0.406. The van der Waals surface area contributed by atoms with Crippen LogP contribution < -0.4 is 5.32 Å². The minimum atomic E-state index is 0.406. The standard InChI is InChI=1S/C14H19Cl2NO/c1-17-14(11-3-2-6-18-9-11)7-10-4-5-12(15)8-13(10)16/h4-5,8,11,14,17H,2-3,6-7,9H2,1H3. The van der Waals surface area contributed by atoms with Crippen LogP contribution in [0.15, 0.2) is 18.2 Å². The summed E-state index contributed by atoms with van der Waals surface area (Å²) in [4.78, 5) is 0. The van der Waals surface area contributed by atoms with E-state index in [0.29, 0.717) is 17.0 Å². The highest BCUT2D eigenvalue weighted by Gasteiger charge is 2.23. The van der Waals surface area contributed by atoms with Crippen LogP contribution in [0.3, 0.4) is 0 Å². The normalized spacial score (nSPS) is 21.8. The van der Waals surface area contributed by atoms with Gasteiger partial charge in [-0.15, -0.1) is 0 Å². The third-order valence-corrected chi connectivity index (χ3v) is 4.18. The van der Waals surface area contributed by atoms with Crippen molar-refractivity contribution in [2.75, 3.05) is 20.3 Å². The lowest BCUT2D eigenvalue weighted by Gasteiger charge is -2.30. The molecule has 18 heavy (non-hydrogen) atoms. The van der Waals surface area contributed by atoms with E-state index in [2.05, 4.69) is 5.32 Å². The summed E-state index contributed by atoms with van der Waals surface area (Å²) in [5, 5.41) is 4.83. The van der Waals surface area contributed by atoms with E-state index in [-0.39, 0.29) is 0 Å². The molecule has 0 radical (unpaired) electrons. The lowest BCUT2D eigenvalue weighted by molar-refractivity contribution is 0.0405. The van der Waals surface area contributed by atoms with Crippen LogP contribution in [-0.4, -0.2) is 26.3 Å². The van der Waals surface area contributed by atoms with Crippen molar-refractivity contribution in [3.63, 3.8) is 0 Å². The van der Waals surface area contributed by atoms with Gasteiger partial charge < -0.3 is 10.1 Å². The molecule has 1 heterocycles. The van der Waals surface area contributed by atoms with Gasteiger partial charge >= 0.3 is 0 Å². The highest BCUT2D eigenvalue weighted by molar-refractivity contribution is 6.35. The average Bonchev–Trinajstić information content (AvgIpc) is 2.39. The van der Waals surface area contributed by atoms with Crippen LogP contribution in [0.4, 0.5) is 0 Å². The van der Waals surface area contributed by atoms with Crippen molar-refractivity contribution in [1.29, 1.82) is 0 Å². The molecule has 0 aliphatic carbocycles. The van der Waals surface area contributed by atoms with E-state index < -0.39 is 0 Å². The van der Waals surface area contributed by atoms with Gasteiger partial charge in [-0.1, -0.05) is 29.3 Å². The summed E-state index contributed by atoms with van der Waals surface area (Å²) in [6.07, 6.45) is 3.29. The van der Waals surface area contributed by atoms with E-state index in [4.69, 9.17) is 27.9 Å². The van der Waals surface area contributed by atoms with Crippen molar-refractivity contribution >= 4 is 23.2 Å². The molecule has 4 heteroatoms. The number of halogens is 2. The van der Waals surface area contributed by atoms with Crippen molar-refractivity contribution in [2.24, 2.45) is 5.92 Å². The summed E-state index contributed by atoms with van der Waals surface area (Å²) in [6, 6.07) is 6.12. The predicted octanol–water partition coefficient (Wildman–Crippen LogP) is 3.55. The molecule has 0 bridgehead atoms. The Morgan fingerprint density at radius 1 is 1.44 bits per heavy atom. The number of ether oxygens (including phenoxy) is 1. The first kappa shape index (κ1) is 14.1. The van der Waals surface area contributed by atoms with Crippen LogP contribution in [0, 0.1) is 5.92 Å². The molecule has 1 aromatic rings. The molecule has 1 fully saturated rings. The van der Waals surface area contributed by atoms with Crippen molar-refractivity contribution in [3.05, 3.63) is 33.8 Å². The molecule has 2 nitrogen and oxygen atoms in total. The first-order valence-corrected chi connectivity index (χ1v) is 7.15. The monoisotopic (exact) mass is 287 g/mol. The van der Waals surface area contributed by atoms with Gasteiger partial charge in [0.1, 0.15) is 0 Å². The van der Waals surface area contributed by atoms with Gasteiger partial charge in [-0.2, -0.15) is 0 Å². The maximum atomic E-state index is 6.23. The Kier molecular flexibility index (Phi) is 5.31. The lowest BCUT2D eigenvalue weighted by Crippen LogP contribution is -2.39. The van der Waals surface area contributed by atoms with E-state index in [1.54, 1.807) is 0 Å². The van der Waals surface area contributed by atoms with Crippen LogP contribution in [0.1, 0.15) is 18.4 Å². The first-order valence-electron chi connectivity index (χ1n) is 6.39. The summed E-state index contributed by atoms with van der Waals surface area (Å²) in [5.41, 5.74) is 1.14. The number of nitrogens with one attached hydrogen (secondary N) is 1. The third kappa shape index (κ3) is 3.61. The molecule has 1 aliphatic rings. The number of rotatable bonds is 4. The van der Waals surface area contributed by atoms with Gasteiger partial charge in [0.25, 0.3) is 0 Å². The van der Waals surface area contributed by atoms with Gasteiger partial charge in [0.15, 0.2) is 0 Å². The highest BCUT2D eigenvalue weighted by atomic mass is 35.5. The Morgan fingerprint density at radius 2 is 2.28 bits per heavy atom. The van der Waals surface area contributed by atoms with E-state index in [1.807, 2.05) is 25.2 Å². The maximum absolute atomic E-state index is 6.23. The van der Waals surface area contributed by atoms with Crippen LogP contribution >= 0.6 is 23.2 Å². The maximum Gasteiger partial charge on any atom is 0.0509 e. The molecule has 2 rings (SSSR count). The summed E-state index contributed by atoms with van der Waals surface area (Å²) in [5.74, 6) is 0.565. The average molecular weight is 288 g/mol. The number of hydrogen-bond acceptors (Lipinski definition) is 2. The fourth-order valence-electron chi connectivity index (χ4n) is 2.51. The number of hydrogen-bond donors (Lipinski definition) is 1. The predicted molar refractivity (Wildman–Crippen MR) is 76.6 cm³/mol. The van der Waals surface area contributed by atoms with E-state index >= 15 is 0 Å². The van der Waals surface area contributed by atoms with Gasteiger partial charge in [-0.25, -0.2) is 0 Å². The third-order valence-electron chi connectivity index (χ3n) is 3.59. The molecule has 2 unspecified atom stereocenters. The Balaban J connectivity index is 2.04. The van der Waals surface area contributed by atoms with Crippen molar-refractivity contribution in [3.8, 4) is 0 Å². The molecule has 100 valence electrons. The van der Waals surface area contributed by atoms with E-state index in [9.17, 15) is 0 Å². The Morgan fingerprint density at radius 3 is 2.89 bits per heavy atom. The molecule has 1 aliphatic heterocycles. The zero-order chi connectivity index (χ0) is 13.0. The molecule has 1 saturated heterocycles. The lowest BCUT2D eigenvalue weighted by atomic mass is 9.89. The molecule has 0 amide bonds. The molecule has 1 N–H and O–H groups in total. The Labute approximate surface area is 119 Å². The van der Waals surface area contributed by atoms with Gasteiger partial charge in [0.05, 0.1) is 6.61 Å². The van der Waals surface area contributed by atoms with Crippen LogP contribution in [0.2, 0.25) is 10.0 Å². The molecule has 0 saturated carbocycles. The summed E-state index contributed by atoms with van der Waals surface area (Å²) in [6.45, 7) is 1.74. The Hall–Kier alpha value is -0.280. The SMILES string of the molecule is CNC(Cc1ccc(Cl)cc1Cl)C1CCCOC1. The second kappa shape index (κ2) is 6.76. The summed E-state index contributed by atoms with van der Waals surface area (Å²) in [7, 11) is 2.00. The van der Waals surface area contributed by atoms with Crippen LogP contribution in [0.5, 0.6) is 0 Å². The van der Waals surface area contributed by atoms with Crippen LogP contribution in [-0.2, 0) is 11.2 Å². The molecule has 0 aromatic heterocycles. The molecule has 2 atom stereocenters. The molecule has 0 spiro atoms. The number of likely N-dealkylation sites (N-methyl/N-ethyl adjacent to an activating group) is 1. The van der Waals surface area contributed by atoms with Gasteiger partial charge in [0.2, 0.25) is 0 Å². The summed E-state index contributed by atoms with van der Waals surface area (Å²) >= 11 is 12.1. The smallest absolute Gasteiger partial charge is 0.0509 e. The van der Waals surface area contributed by atoms with Crippen LogP contribution in [0.25, 0.3) is 0 Å². The zero-order valence-corrected chi connectivity index (χ0v) is 12.1. The van der Waals surface area contributed by atoms with Crippen molar-refractivity contribution in [1.82, 2.24) is 5.32 Å². The molecule has 1 aromatic carbocycles. The molecular weight excluding hydrogens is 269 g/mol. The second-order valence-corrected chi connectivity index (χ2v) is 5.66. The quantitative estimate of drug-likeness (QED) is 0.914. The van der Waals surface area contributed by atoms with Gasteiger partial charge in [-0.05, 0) is 49.9 Å². The van der Waals surface area contributed by atoms with E-state index in [0.717, 1.165) is 36.6 Å².